The summed E-state index contributed by atoms with van der Waals surface area (Å²) in [6.07, 6.45) is 2.61. The molecular weight excluding hydrogens is 374 g/mol. The maximum atomic E-state index is 12.5. The van der Waals surface area contributed by atoms with Crippen molar-refractivity contribution < 1.29 is 9.53 Å². The Labute approximate surface area is 183 Å². The number of carbonyl (C=O) groups excluding carboxylic acids is 1. The van der Waals surface area contributed by atoms with Gasteiger partial charge in [-0.25, -0.2) is 0 Å². The maximum absolute atomic E-state index is 12.5. The highest BCUT2D eigenvalue weighted by Crippen LogP contribution is 2.21. The van der Waals surface area contributed by atoms with Gasteiger partial charge in [-0.05, 0) is 55.7 Å². The molecule has 1 aromatic heterocycles. The van der Waals surface area contributed by atoms with E-state index in [1.807, 2.05) is 49.9 Å². The fraction of sp³-hybridized carbons (Fsp3) is 0.520. The number of aromatic nitrogens is 1. The van der Waals surface area contributed by atoms with Crippen LogP contribution >= 0.6 is 0 Å². The minimum Gasteiger partial charge on any atom is -0.494 e. The zero-order valence-corrected chi connectivity index (χ0v) is 19.6. The topological polar surface area (TPSA) is 45.7 Å². The van der Waals surface area contributed by atoms with Crippen LogP contribution in [0.1, 0.15) is 58.5 Å². The summed E-state index contributed by atoms with van der Waals surface area (Å²) in [5, 5.41) is 0. The Bertz CT molecular complexity index is 699. The van der Waals surface area contributed by atoms with Crippen molar-refractivity contribution in [1.29, 1.82) is 0 Å². The Morgan fingerprint density at radius 1 is 1.00 bits per heavy atom. The molecule has 5 heteroatoms. The van der Waals surface area contributed by atoms with Gasteiger partial charge < -0.3 is 14.5 Å². The van der Waals surface area contributed by atoms with Crippen molar-refractivity contribution in [2.24, 2.45) is 5.92 Å². The van der Waals surface area contributed by atoms with E-state index in [9.17, 15) is 4.79 Å². The second kappa shape index (κ2) is 14.4. The van der Waals surface area contributed by atoms with Crippen LogP contribution in [-0.4, -0.2) is 48.6 Å². The van der Waals surface area contributed by atoms with Crippen LogP contribution in [0.15, 0.2) is 48.7 Å². The van der Waals surface area contributed by atoms with Gasteiger partial charge in [0.2, 0.25) is 0 Å². The molecule has 0 atom stereocenters. The first-order valence-corrected chi connectivity index (χ1v) is 11.2. The predicted octanol–water partition coefficient (Wildman–Crippen LogP) is 5.52. The summed E-state index contributed by atoms with van der Waals surface area (Å²) in [6.45, 7) is 16.4. The molecule has 0 aliphatic carbocycles. The molecule has 5 nitrogen and oxygen atoms in total. The van der Waals surface area contributed by atoms with Crippen LogP contribution in [0.25, 0.3) is 0 Å². The number of benzene rings is 1. The van der Waals surface area contributed by atoms with Gasteiger partial charge in [0.25, 0.3) is 5.91 Å². The number of ether oxygens (including phenoxy) is 1. The summed E-state index contributed by atoms with van der Waals surface area (Å²) in [5.41, 5.74) is 1.69. The van der Waals surface area contributed by atoms with E-state index in [4.69, 9.17) is 4.74 Å². The summed E-state index contributed by atoms with van der Waals surface area (Å²) >= 11 is 0. The summed E-state index contributed by atoms with van der Waals surface area (Å²) in [7, 11) is 0. The second-order valence-electron chi connectivity index (χ2n) is 7.51. The van der Waals surface area contributed by atoms with Gasteiger partial charge in [-0.15, -0.1) is 0 Å². The zero-order chi connectivity index (χ0) is 22.4. The highest BCUT2D eigenvalue weighted by molar-refractivity contribution is 5.92. The van der Waals surface area contributed by atoms with E-state index < -0.39 is 0 Å². The number of hydrogen-bond donors (Lipinski definition) is 0. The first-order chi connectivity index (χ1) is 14.5. The van der Waals surface area contributed by atoms with E-state index in [-0.39, 0.29) is 5.91 Å². The van der Waals surface area contributed by atoms with Crippen molar-refractivity contribution in [1.82, 2.24) is 9.88 Å². The minimum atomic E-state index is 0.0177. The average molecular weight is 414 g/mol. The first-order valence-electron chi connectivity index (χ1n) is 11.2. The third-order valence-corrected chi connectivity index (χ3v) is 4.18. The number of anilines is 1. The van der Waals surface area contributed by atoms with Crippen LogP contribution in [-0.2, 0) is 0 Å². The number of nitrogens with zero attached hydrogens (tertiary/aromatic N) is 3. The number of amides is 1. The van der Waals surface area contributed by atoms with Gasteiger partial charge in [0.05, 0.1) is 6.61 Å². The van der Waals surface area contributed by atoms with E-state index >= 15 is 0 Å². The Balaban J connectivity index is 0.000000673. The lowest BCUT2D eigenvalue weighted by molar-refractivity contribution is 0.0761. The van der Waals surface area contributed by atoms with Crippen LogP contribution in [0.2, 0.25) is 0 Å². The molecule has 1 aromatic carbocycles. The molecule has 0 saturated carbocycles. The monoisotopic (exact) mass is 413 g/mol. The van der Waals surface area contributed by atoms with Crippen LogP contribution < -0.4 is 9.64 Å². The molecule has 166 valence electrons. The fourth-order valence-electron chi connectivity index (χ4n) is 2.95. The second-order valence-corrected chi connectivity index (χ2v) is 7.51. The molecule has 2 heterocycles. The molecule has 3 rings (SSSR count). The third kappa shape index (κ3) is 8.85. The zero-order valence-electron chi connectivity index (χ0n) is 19.6. The first kappa shape index (κ1) is 25.5. The van der Waals surface area contributed by atoms with Crippen LogP contribution in [0, 0.1) is 5.92 Å². The van der Waals surface area contributed by atoms with E-state index in [1.165, 1.54) is 5.69 Å². The van der Waals surface area contributed by atoms with Gasteiger partial charge in [-0.1, -0.05) is 40.7 Å². The third-order valence-electron chi connectivity index (χ3n) is 4.18. The molecule has 2 aromatic rings. The molecule has 1 aliphatic heterocycles. The highest BCUT2D eigenvalue weighted by atomic mass is 16.5. The lowest BCUT2D eigenvalue weighted by Gasteiger charge is -2.23. The van der Waals surface area contributed by atoms with Crippen LogP contribution in [0.4, 0.5) is 5.69 Å². The highest BCUT2D eigenvalue weighted by Gasteiger charge is 2.21. The quantitative estimate of drug-likeness (QED) is 0.662. The molecule has 1 saturated heterocycles. The van der Waals surface area contributed by atoms with Gasteiger partial charge in [0, 0.05) is 38.1 Å². The van der Waals surface area contributed by atoms with E-state index in [1.54, 1.807) is 12.3 Å². The molecule has 30 heavy (non-hydrogen) atoms. The predicted molar refractivity (Wildman–Crippen MR) is 126 cm³/mol. The number of carbonyl (C=O) groups is 1. The fourth-order valence-corrected chi connectivity index (χ4v) is 2.95. The lowest BCUT2D eigenvalue weighted by Crippen LogP contribution is -2.35. The maximum Gasteiger partial charge on any atom is 0.272 e. The Hall–Kier alpha value is -2.56. The van der Waals surface area contributed by atoms with Crippen LogP contribution in [0.3, 0.4) is 0 Å². The van der Waals surface area contributed by atoms with Crippen molar-refractivity contribution >= 4 is 11.6 Å². The molecule has 0 radical (unpaired) electrons. The molecule has 0 bridgehead atoms. The largest absolute Gasteiger partial charge is 0.494 e. The smallest absolute Gasteiger partial charge is 0.272 e. The summed E-state index contributed by atoms with van der Waals surface area (Å²) < 4.78 is 5.49. The van der Waals surface area contributed by atoms with Crippen molar-refractivity contribution in [3.05, 3.63) is 54.4 Å². The van der Waals surface area contributed by atoms with Crippen LogP contribution in [0.5, 0.6) is 5.75 Å². The molecule has 1 aliphatic rings. The number of rotatable bonds is 4. The van der Waals surface area contributed by atoms with Gasteiger partial charge >= 0.3 is 0 Å². The molecule has 1 amide bonds. The minimum absolute atomic E-state index is 0.0177. The van der Waals surface area contributed by atoms with Crippen molar-refractivity contribution in [2.75, 3.05) is 37.7 Å². The number of hydrogen-bond acceptors (Lipinski definition) is 4. The number of pyridine rings is 1. The molecule has 1 fully saturated rings. The van der Waals surface area contributed by atoms with E-state index in [0.29, 0.717) is 18.8 Å². The molecule has 0 N–H and O–H groups in total. The van der Waals surface area contributed by atoms with Crippen molar-refractivity contribution in [3.63, 3.8) is 0 Å². The normalized spacial score (nSPS) is 13.4. The Kier molecular flexibility index (Phi) is 12.3. The molecule has 0 spiro atoms. The van der Waals surface area contributed by atoms with Crippen molar-refractivity contribution in [3.8, 4) is 5.75 Å². The van der Waals surface area contributed by atoms with Gasteiger partial charge in [0.1, 0.15) is 11.4 Å². The lowest BCUT2D eigenvalue weighted by atomic mass is 10.2. The SMILES string of the molecule is CC.CC(C)C.CCOc1ccc(N2CCCN(C(=O)c3ccccn3)CC2)cc1. The standard InChI is InChI=1S/C19H23N3O2.C4H10.C2H6/c1-2-24-17-9-7-16(8-10-17)21-12-5-13-22(15-14-21)19(23)18-6-3-4-11-20-18;1-4(2)3;1-2/h3-4,6-11H,2,5,12-15H2,1H3;4H,1-3H3;1-2H3. The van der Waals surface area contributed by atoms with Crippen molar-refractivity contribution in [2.45, 2.75) is 48.0 Å². The van der Waals surface area contributed by atoms with Gasteiger partial charge in [-0.3, -0.25) is 9.78 Å². The summed E-state index contributed by atoms with van der Waals surface area (Å²) in [6, 6.07) is 13.6. The Morgan fingerprint density at radius 2 is 1.67 bits per heavy atom. The van der Waals surface area contributed by atoms with Gasteiger partial charge in [-0.2, -0.15) is 0 Å². The summed E-state index contributed by atoms with van der Waals surface area (Å²) in [5.74, 6) is 1.74. The summed E-state index contributed by atoms with van der Waals surface area (Å²) in [4.78, 5) is 20.9. The van der Waals surface area contributed by atoms with Gasteiger partial charge in [0.15, 0.2) is 0 Å². The molecular formula is C25H39N3O2. The van der Waals surface area contributed by atoms with E-state index in [2.05, 4.69) is 42.8 Å². The average Bonchev–Trinajstić information content (AvgIpc) is 3.02. The Morgan fingerprint density at radius 3 is 2.23 bits per heavy atom. The molecule has 0 unspecified atom stereocenters. The van der Waals surface area contributed by atoms with E-state index in [0.717, 1.165) is 37.7 Å².